The van der Waals surface area contributed by atoms with Gasteiger partial charge in [0, 0.05) is 55.0 Å². The summed E-state index contributed by atoms with van der Waals surface area (Å²) in [5, 5.41) is 7.25. The number of fused-ring (bicyclic) bond motifs is 9. The largest absolute Gasteiger partial charge is 0.436 e. The molecule has 4 aromatic heterocycles. The lowest BCUT2D eigenvalue weighted by atomic mass is 9.98. The highest BCUT2D eigenvalue weighted by Gasteiger charge is 2.20. The first kappa shape index (κ1) is 42.4. The quantitative estimate of drug-likeness (QED) is 0.150. The van der Waals surface area contributed by atoms with E-state index in [0.717, 1.165) is 72.2 Å². The average Bonchev–Trinajstić information content (AvgIpc) is 4.23. The summed E-state index contributed by atoms with van der Waals surface area (Å²) in [5.74, 6) is 2.76. The van der Waals surface area contributed by atoms with Crippen LogP contribution < -0.4 is 0 Å². The van der Waals surface area contributed by atoms with E-state index in [2.05, 4.69) is 150 Å². The molecule has 0 bridgehead atoms. The minimum Gasteiger partial charge on any atom is -0.436 e. The smallest absolute Gasteiger partial charge is 0.227 e. The topological polar surface area (TPSA) is 95.7 Å². The zero-order valence-corrected chi connectivity index (χ0v) is 40.1. The van der Waals surface area contributed by atoms with Crippen molar-refractivity contribution in [3.8, 4) is 85.0 Å². The summed E-state index contributed by atoms with van der Waals surface area (Å²) >= 11 is 0. The zero-order chi connectivity index (χ0) is 49.4. The van der Waals surface area contributed by atoms with Crippen LogP contribution in [-0.2, 0) is 0 Å². The molecule has 11 aromatic carbocycles. The molecule has 75 heavy (non-hydrogen) atoms. The molecule has 0 aliphatic rings. The molecule has 8 nitrogen and oxygen atoms in total. The summed E-state index contributed by atoms with van der Waals surface area (Å²) in [4.78, 5) is 24.7. The van der Waals surface area contributed by atoms with Gasteiger partial charge in [-0.2, -0.15) is 0 Å². The van der Waals surface area contributed by atoms with Gasteiger partial charge in [-0.05, 0) is 99.8 Å². The Labute approximate surface area is 429 Å². The van der Waals surface area contributed by atoms with Gasteiger partial charge in [0.2, 0.25) is 11.8 Å². The monoisotopic (exact) mass is 960 g/mol. The number of rotatable bonds is 8. The lowest BCUT2D eigenvalue weighted by molar-refractivity contribution is 0.619. The number of hydrogen-bond donors (Lipinski definition) is 0. The van der Waals surface area contributed by atoms with Crippen molar-refractivity contribution in [2.24, 2.45) is 0 Å². The van der Waals surface area contributed by atoms with Crippen LogP contribution in [0.2, 0.25) is 0 Å². The van der Waals surface area contributed by atoms with Crippen molar-refractivity contribution in [3.63, 3.8) is 0 Å². The van der Waals surface area contributed by atoms with E-state index in [0.29, 0.717) is 29.3 Å². The number of para-hydroxylation sites is 4. The van der Waals surface area contributed by atoms with E-state index in [-0.39, 0.29) is 0 Å². The van der Waals surface area contributed by atoms with Gasteiger partial charge < -0.3 is 13.4 Å². The Morgan fingerprint density at radius 2 is 0.667 bits per heavy atom. The molecule has 8 heteroatoms. The van der Waals surface area contributed by atoms with E-state index in [9.17, 15) is 0 Å². The minimum absolute atomic E-state index is 0.546. The number of benzene rings is 11. The molecule has 0 N–H and O–H groups in total. The summed E-state index contributed by atoms with van der Waals surface area (Å²) < 4.78 is 14.6. The second-order valence-electron chi connectivity index (χ2n) is 18.8. The lowest BCUT2D eigenvalue weighted by Gasteiger charge is -2.13. The molecular weight excluding hydrogens is 921 g/mol. The molecule has 350 valence electrons. The summed E-state index contributed by atoms with van der Waals surface area (Å²) in [5.41, 5.74) is 15.5. The van der Waals surface area contributed by atoms with Gasteiger partial charge in [0.1, 0.15) is 11.0 Å². The molecule has 0 aliphatic carbocycles. The van der Waals surface area contributed by atoms with Crippen LogP contribution in [0.1, 0.15) is 0 Å². The third-order valence-electron chi connectivity index (χ3n) is 14.3. The van der Waals surface area contributed by atoms with Crippen molar-refractivity contribution in [2.75, 3.05) is 0 Å². The molecule has 4 heterocycles. The van der Waals surface area contributed by atoms with E-state index in [1.165, 1.54) is 49.1 Å². The highest BCUT2D eigenvalue weighted by atomic mass is 16.4. The van der Waals surface area contributed by atoms with E-state index in [1.54, 1.807) is 0 Å². The average molecular weight is 961 g/mol. The molecule has 0 atom stereocenters. The Morgan fingerprint density at radius 3 is 1.23 bits per heavy atom. The van der Waals surface area contributed by atoms with Gasteiger partial charge in [-0.25, -0.2) is 24.9 Å². The number of hydrogen-bond acceptors (Lipinski definition) is 7. The van der Waals surface area contributed by atoms with Gasteiger partial charge in [0.25, 0.3) is 0 Å². The Hall–Kier alpha value is -10.3. The fourth-order valence-corrected chi connectivity index (χ4v) is 10.6. The second kappa shape index (κ2) is 17.2. The Bertz CT molecular complexity index is 4470. The van der Waals surface area contributed by atoms with Crippen molar-refractivity contribution in [3.05, 3.63) is 243 Å². The fourth-order valence-electron chi connectivity index (χ4n) is 10.6. The summed E-state index contributed by atoms with van der Waals surface area (Å²) in [6.45, 7) is 0. The third kappa shape index (κ3) is 7.34. The first-order chi connectivity index (χ1) is 37.1. The zero-order valence-electron chi connectivity index (χ0n) is 40.1. The predicted octanol–water partition coefficient (Wildman–Crippen LogP) is 17.2. The summed E-state index contributed by atoms with van der Waals surface area (Å²) in [7, 11) is 0. The lowest BCUT2D eigenvalue weighted by Crippen LogP contribution is -2.00. The van der Waals surface area contributed by atoms with E-state index in [4.69, 9.17) is 33.8 Å². The molecule has 0 unspecified atom stereocenters. The molecule has 15 rings (SSSR count). The highest BCUT2D eigenvalue weighted by molar-refractivity contribution is 6.24. The van der Waals surface area contributed by atoms with Crippen LogP contribution in [0.4, 0.5) is 0 Å². The van der Waals surface area contributed by atoms with Crippen LogP contribution in [0, 0.1) is 0 Å². The molecule has 0 amide bonds. The molecule has 15 aromatic rings. The molecule has 0 saturated heterocycles. The maximum absolute atomic E-state index is 6.09. The number of oxazole rings is 2. The van der Waals surface area contributed by atoms with E-state index >= 15 is 0 Å². The fraction of sp³-hybridized carbons (Fsp3) is 0. The summed E-state index contributed by atoms with van der Waals surface area (Å²) in [6.07, 6.45) is 0. The molecule has 0 aliphatic heterocycles. The minimum atomic E-state index is 0.546. The van der Waals surface area contributed by atoms with Crippen molar-refractivity contribution in [1.82, 2.24) is 29.5 Å². The van der Waals surface area contributed by atoms with Gasteiger partial charge >= 0.3 is 0 Å². The Morgan fingerprint density at radius 1 is 0.267 bits per heavy atom. The SMILES string of the molecule is c1ccc(-c2ccc(-n3c4c5ccccc5ccc4c4ccc5cc(-c6ccc(-c7nc(-c8ccc(-c9nc%10ccccc%10o9)cc8)nc(-c8ccc(-c9nc%10ccccc%10o9)cc8)n7)cc6)ccc5c43)cc2)cc1. The van der Waals surface area contributed by atoms with Gasteiger partial charge in [-0.3, -0.25) is 0 Å². The van der Waals surface area contributed by atoms with Crippen molar-refractivity contribution in [1.29, 1.82) is 0 Å². The second-order valence-corrected chi connectivity index (χ2v) is 18.8. The van der Waals surface area contributed by atoms with Crippen LogP contribution in [0.5, 0.6) is 0 Å². The van der Waals surface area contributed by atoms with Gasteiger partial charge in [-0.1, -0.05) is 176 Å². The predicted molar refractivity (Wildman–Crippen MR) is 302 cm³/mol. The maximum atomic E-state index is 6.09. The molecule has 0 saturated carbocycles. The normalized spacial score (nSPS) is 11.7. The van der Waals surface area contributed by atoms with E-state index in [1.807, 2.05) is 97.1 Å². The standard InChI is InChI=1S/C67H40N6O2/c1-2-10-41(11-3-1)42-30-35-52(36-31-42)73-61-53-13-5-4-12-44(53)32-38-55(61)56-39-34-51-40-50(33-37-54(51)62(56)73)43-18-20-45(21-19-43)63-70-64(46-22-26-48(27-23-46)66-68-57-14-6-8-16-59(57)74-66)72-65(71-63)47-24-28-49(29-25-47)67-69-58-15-7-9-17-60(58)75-67/h1-40H. The first-order valence-electron chi connectivity index (χ1n) is 25.0. The third-order valence-corrected chi connectivity index (χ3v) is 14.3. The summed E-state index contributed by atoms with van der Waals surface area (Å²) in [6, 6.07) is 84.2. The van der Waals surface area contributed by atoms with Crippen molar-refractivity contribution < 1.29 is 8.83 Å². The Balaban J connectivity index is 0.803. The van der Waals surface area contributed by atoms with Crippen LogP contribution in [-0.4, -0.2) is 29.5 Å². The van der Waals surface area contributed by atoms with Crippen LogP contribution in [0.15, 0.2) is 251 Å². The Kier molecular flexibility index (Phi) is 9.71. The van der Waals surface area contributed by atoms with Crippen molar-refractivity contribution >= 4 is 65.6 Å². The molecule has 0 spiro atoms. The molecular formula is C67H40N6O2. The number of nitrogens with zero attached hydrogens (tertiary/aromatic N) is 6. The van der Waals surface area contributed by atoms with Crippen molar-refractivity contribution in [2.45, 2.75) is 0 Å². The van der Waals surface area contributed by atoms with E-state index < -0.39 is 0 Å². The van der Waals surface area contributed by atoms with Gasteiger partial charge in [0.05, 0.1) is 11.0 Å². The van der Waals surface area contributed by atoms with Crippen LogP contribution in [0.3, 0.4) is 0 Å². The molecule has 0 radical (unpaired) electrons. The first-order valence-corrected chi connectivity index (χ1v) is 25.0. The molecule has 0 fully saturated rings. The van der Waals surface area contributed by atoms with Crippen LogP contribution >= 0.6 is 0 Å². The van der Waals surface area contributed by atoms with Crippen LogP contribution in [0.25, 0.3) is 151 Å². The van der Waals surface area contributed by atoms with Gasteiger partial charge in [0.15, 0.2) is 28.6 Å². The highest BCUT2D eigenvalue weighted by Crippen LogP contribution is 2.41. The number of aromatic nitrogens is 6. The maximum Gasteiger partial charge on any atom is 0.227 e. The van der Waals surface area contributed by atoms with Gasteiger partial charge in [-0.15, -0.1) is 0 Å².